The number of amides is 1. The molecule has 1 saturated heterocycles. The fraction of sp³-hybridized carbons (Fsp3) is 0.381. The predicted octanol–water partition coefficient (Wildman–Crippen LogP) is 3.86. The minimum atomic E-state index is -1.10. The number of ether oxygens (including phenoxy) is 2. The topological polar surface area (TPSA) is 77.5 Å². The van der Waals surface area contributed by atoms with Crippen LogP contribution in [0, 0.1) is 11.6 Å². The third kappa shape index (κ3) is 4.27. The lowest BCUT2D eigenvalue weighted by atomic mass is 9.86. The van der Waals surface area contributed by atoms with Crippen molar-refractivity contribution in [2.45, 2.75) is 44.8 Å². The van der Waals surface area contributed by atoms with E-state index in [1.165, 1.54) is 32.4 Å². The zero-order chi connectivity index (χ0) is 21.3. The van der Waals surface area contributed by atoms with Gasteiger partial charge in [0.1, 0.15) is 11.8 Å². The fourth-order valence-electron chi connectivity index (χ4n) is 3.58. The number of carbonyl (C=O) groups is 2. The number of nitrogens with zero attached hydrogens (tertiary/aromatic N) is 1. The van der Waals surface area contributed by atoms with Crippen LogP contribution in [0.2, 0.25) is 0 Å². The highest BCUT2D eigenvalue weighted by Gasteiger charge is 2.46. The molecule has 2 atom stereocenters. The lowest BCUT2D eigenvalue weighted by molar-refractivity contribution is -0.130. The summed E-state index contributed by atoms with van der Waals surface area (Å²) in [6, 6.07) is 5.44. The Hall–Kier alpha value is -2.87. The largest absolute Gasteiger partial charge is 0.493 e. The molecule has 8 heteroatoms. The Kier molecular flexibility index (Phi) is 5.66. The zero-order valence-corrected chi connectivity index (χ0v) is 16.6. The number of pyridine rings is 1. The molecule has 1 aliphatic rings. The Morgan fingerprint density at radius 1 is 1.28 bits per heavy atom. The van der Waals surface area contributed by atoms with Gasteiger partial charge in [-0.05, 0) is 38.5 Å². The molecule has 154 valence electrons. The lowest BCUT2D eigenvalue weighted by Crippen LogP contribution is -2.33. The number of carbonyl (C=O) groups excluding carboxylic acids is 2. The van der Waals surface area contributed by atoms with Crippen LogP contribution in [-0.4, -0.2) is 35.5 Å². The van der Waals surface area contributed by atoms with Crippen LogP contribution in [-0.2, 0) is 9.53 Å². The number of ketones is 1. The second kappa shape index (κ2) is 7.87. The van der Waals surface area contributed by atoms with E-state index in [4.69, 9.17) is 9.47 Å². The Morgan fingerprint density at radius 3 is 2.66 bits per heavy atom. The number of hydrogen-bond acceptors (Lipinski definition) is 5. The van der Waals surface area contributed by atoms with Crippen molar-refractivity contribution in [2.24, 2.45) is 0 Å². The summed E-state index contributed by atoms with van der Waals surface area (Å²) in [5.41, 5.74) is 0.302. The molecule has 3 rings (SSSR count). The molecule has 1 fully saturated rings. The van der Waals surface area contributed by atoms with Crippen molar-refractivity contribution in [3.05, 3.63) is 53.4 Å². The van der Waals surface area contributed by atoms with Gasteiger partial charge in [0.05, 0.1) is 12.7 Å². The smallest absolute Gasteiger partial charge is 0.254 e. The standard InChI is InChI=1S/C21H22F2N2O4/c1-11(26)16-9-12(7-8-24-16)25-20(27)19-14(10-21(2,3)29-19)13-5-6-15(22)17(23)18(13)28-4/h5-9,14,19H,10H2,1-4H3,(H,24,25,27)/t14-,19-/m0/s1. The lowest BCUT2D eigenvalue weighted by Gasteiger charge is -2.21. The second-order valence-electron chi connectivity index (χ2n) is 7.57. The number of anilines is 1. The number of benzene rings is 1. The van der Waals surface area contributed by atoms with Gasteiger partial charge in [0.15, 0.2) is 17.3 Å². The quantitative estimate of drug-likeness (QED) is 0.766. The maximum Gasteiger partial charge on any atom is 0.254 e. The number of methoxy groups -OCH3 is 1. The highest BCUT2D eigenvalue weighted by Crippen LogP contribution is 2.45. The van der Waals surface area contributed by atoms with Crippen molar-refractivity contribution in [3.8, 4) is 5.75 Å². The van der Waals surface area contributed by atoms with E-state index in [-0.39, 0.29) is 17.2 Å². The third-order valence-corrected chi connectivity index (χ3v) is 4.85. The van der Waals surface area contributed by atoms with Gasteiger partial charge >= 0.3 is 0 Å². The van der Waals surface area contributed by atoms with Gasteiger partial charge in [0, 0.05) is 30.3 Å². The highest BCUT2D eigenvalue weighted by molar-refractivity contribution is 5.97. The summed E-state index contributed by atoms with van der Waals surface area (Å²) in [5, 5.41) is 2.72. The Morgan fingerprint density at radius 2 is 2.00 bits per heavy atom. The fourth-order valence-corrected chi connectivity index (χ4v) is 3.58. The Balaban J connectivity index is 1.93. The van der Waals surface area contributed by atoms with Gasteiger partial charge in [-0.2, -0.15) is 4.39 Å². The molecule has 1 amide bonds. The average Bonchev–Trinajstić information content (AvgIpc) is 2.99. The molecule has 1 aromatic heterocycles. The Labute approximate surface area is 167 Å². The van der Waals surface area contributed by atoms with E-state index < -0.39 is 35.2 Å². The van der Waals surface area contributed by atoms with Crippen LogP contribution in [0.15, 0.2) is 30.5 Å². The molecule has 0 spiro atoms. The van der Waals surface area contributed by atoms with Gasteiger partial charge in [0.2, 0.25) is 5.82 Å². The number of rotatable bonds is 5. The summed E-state index contributed by atoms with van der Waals surface area (Å²) < 4.78 is 38.9. The van der Waals surface area contributed by atoms with Crippen molar-refractivity contribution in [2.75, 3.05) is 12.4 Å². The number of nitrogens with one attached hydrogen (secondary N) is 1. The summed E-state index contributed by atoms with van der Waals surface area (Å²) in [6.45, 7) is 5.02. The van der Waals surface area contributed by atoms with Crippen LogP contribution in [0.4, 0.5) is 14.5 Å². The molecule has 0 unspecified atom stereocenters. The predicted molar refractivity (Wildman–Crippen MR) is 102 cm³/mol. The molecular weight excluding hydrogens is 382 g/mol. The third-order valence-electron chi connectivity index (χ3n) is 4.85. The SMILES string of the molecule is COc1c([C@@H]2CC(C)(C)O[C@@H]2C(=O)Nc2ccnc(C(C)=O)c2)ccc(F)c1F. The summed E-state index contributed by atoms with van der Waals surface area (Å²) in [4.78, 5) is 28.4. The van der Waals surface area contributed by atoms with Crippen LogP contribution < -0.4 is 10.1 Å². The number of hydrogen-bond donors (Lipinski definition) is 1. The van der Waals surface area contributed by atoms with Gasteiger partial charge in [-0.15, -0.1) is 0 Å². The van der Waals surface area contributed by atoms with Crippen molar-refractivity contribution < 1.29 is 27.8 Å². The molecule has 1 aromatic carbocycles. The van der Waals surface area contributed by atoms with E-state index in [0.717, 1.165) is 6.07 Å². The molecular formula is C21H22F2N2O4. The first-order chi connectivity index (χ1) is 13.6. The van der Waals surface area contributed by atoms with Crippen LogP contribution in [0.5, 0.6) is 5.75 Å². The molecule has 2 heterocycles. The first-order valence-corrected chi connectivity index (χ1v) is 9.10. The molecule has 2 aromatic rings. The maximum atomic E-state index is 14.2. The van der Waals surface area contributed by atoms with Crippen LogP contribution >= 0.6 is 0 Å². The van der Waals surface area contributed by atoms with Crippen LogP contribution in [0.3, 0.4) is 0 Å². The first-order valence-electron chi connectivity index (χ1n) is 9.10. The molecule has 1 aliphatic heterocycles. The van der Waals surface area contributed by atoms with Gasteiger partial charge in [-0.3, -0.25) is 14.6 Å². The molecule has 29 heavy (non-hydrogen) atoms. The molecule has 0 aliphatic carbocycles. The summed E-state index contributed by atoms with van der Waals surface area (Å²) >= 11 is 0. The summed E-state index contributed by atoms with van der Waals surface area (Å²) in [6.07, 6.45) is 0.862. The number of aromatic nitrogens is 1. The van der Waals surface area contributed by atoms with Gasteiger partial charge in [0.25, 0.3) is 5.91 Å². The van der Waals surface area contributed by atoms with Crippen molar-refractivity contribution in [3.63, 3.8) is 0 Å². The summed E-state index contributed by atoms with van der Waals surface area (Å²) in [7, 11) is 1.25. The summed E-state index contributed by atoms with van der Waals surface area (Å²) in [5.74, 6) is -3.62. The maximum absolute atomic E-state index is 14.2. The van der Waals surface area contributed by atoms with Gasteiger partial charge < -0.3 is 14.8 Å². The first kappa shape index (κ1) is 20.9. The van der Waals surface area contributed by atoms with E-state index in [9.17, 15) is 18.4 Å². The highest BCUT2D eigenvalue weighted by atomic mass is 19.2. The van der Waals surface area contributed by atoms with E-state index in [0.29, 0.717) is 17.7 Å². The number of Topliss-reactive ketones (excluding diaryl/α,β-unsaturated/α-hetero) is 1. The van der Waals surface area contributed by atoms with Crippen LogP contribution in [0.25, 0.3) is 0 Å². The van der Waals surface area contributed by atoms with E-state index >= 15 is 0 Å². The molecule has 0 bridgehead atoms. The minimum Gasteiger partial charge on any atom is -0.493 e. The van der Waals surface area contributed by atoms with E-state index in [1.54, 1.807) is 6.07 Å². The molecule has 0 saturated carbocycles. The van der Waals surface area contributed by atoms with Crippen molar-refractivity contribution >= 4 is 17.4 Å². The molecule has 0 radical (unpaired) electrons. The van der Waals surface area contributed by atoms with Crippen molar-refractivity contribution in [1.82, 2.24) is 4.98 Å². The van der Waals surface area contributed by atoms with Crippen LogP contribution in [0.1, 0.15) is 49.2 Å². The van der Waals surface area contributed by atoms with Gasteiger partial charge in [-0.1, -0.05) is 6.07 Å². The number of halogens is 2. The van der Waals surface area contributed by atoms with Gasteiger partial charge in [-0.25, -0.2) is 4.39 Å². The Bertz CT molecular complexity index is 962. The molecule has 1 N–H and O–H groups in total. The second-order valence-corrected chi connectivity index (χ2v) is 7.57. The van der Waals surface area contributed by atoms with E-state index in [2.05, 4.69) is 10.3 Å². The average molecular weight is 404 g/mol. The monoisotopic (exact) mass is 404 g/mol. The normalized spacial score (nSPS) is 20.3. The minimum absolute atomic E-state index is 0.217. The molecule has 6 nitrogen and oxygen atoms in total. The van der Waals surface area contributed by atoms with E-state index in [1.807, 2.05) is 13.8 Å². The zero-order valence-electron chi connectivity index (χ0n) is 16.6. The van der Waals surface area contributed by atoms with Crippen molar-refractivity contribution in [1.29, 1.82) is 0 Å².